The van der Waals surface area contributed by atoms with Gasteiger partial charge in [-0.25, -0.2) is 0 Å². The minimum atomic E-state index is -0.814. The van der Waals surface area contributed by atoms with Gasteiger partial charge in [0.05, 0.1) is 0 Å². The molecule has 6 nitrogen and oxygen atoms in total. The standard InChI is InChI=1S/C71H120O6/c1-4-7-10-13-16-19-22-25-27-29-31-33-34-35-36-38-39-41-43-46-49-52-55-58-61-64-70(73)76-67-68(66-75-69(72)63-60-57-54-51-48-45-24-21-18-15-12-9-6-3)77-71(74)65-62-59-56-53-50-47-44-42-40-37-32-30-28-26-23-20-17-14-11-8-5-2/h8-9,11-12,17-18,20-21,26,28-29,31-32,37,45,48,54,57,68H,4-7,10,13-16,19,22-25,27,30,33-36,38-44,46-47,49-53,55-56,58-67H2,1-3H3/b11-8-,12-9-,20-17-,21-18-,28-26-,31-29-,37-32-,48-45-,57-54-. The van der Waals surface area contributed by atoms with E-state index in [1.807, 2.05) is 6.08 Å². The van der Waals surface area contributed by atoms with Gasteiger partial charge in [0.25, 0.3) is 0 Å². The second-order valence-electron chi connectivity index (χ2n) is 21.3. The molecule has 0 N–H and O–H groups in total. The number of unbranched alkanes of at least 4 members (excludes halogenated alkanes) is 29. The number of hydrogen-bond donors (Lipinski definition) is 0. The van der Waals surface area contributed by atoms with Crippen LogP contribution in [0.5, 0.6) is 0 Å². The van der Waals surface area contributed by atoms with Gasteiger partial charge in [0.1, 0.15) is 13.2 Å². The van der Waals surface area contributed by atoms with Gasteiger partial charge in [0.2, 0.25) is 0 Å². The summed E-state index contributed by atoms with van der Waals surface area (Å²) in [6, 6.07) is 0. The van der Waals surface area contributed by atoms with Crippen molar-refractivity contribution in [3.05, 3.63) is 109 Å². The molecule has 1 unspecified atom stereocenters. The van der Waals surface area contributed by atoms with E-state index in [1.54, 1.807) is 0 Å². The highest BCUT2D eigenvalue weighted by Crippen LogP contribution is 2.16. The van der Waals surface area contributed by atoms with Gasteiger partial charge < -0.3 is 14.2 Å². The summed E-state index contributed by atoms with van der Waals surface area (Å²) in [7, 11) is 0. The Labute approximate surface area is 476 Å². The van der Waals surface area contributed by atoms with Crippen molar-refractivity contribution in [1.82, 2.24) is 0 Å². The fraction of sp³-hybridized carbons (Fsp3) is 0.704. The molecule has 0 fully saturated rings. The van der Waals surface area contributed by atoms with Crippen LogP contribution in [0.15, 0.2) is 109 Å². The smallest absolute Gasteiger partial charge is 0.306 e. The number of ether oxygens (including phenoxy) is 3. The lowest BCUT2D eigenvalue weighted by atomic mass is 10.0. The SMILES string of the molecule is CC/C=C\C/C=C\C/C=C\C/C=C\CCCCCCCCCCC(=O)OC(COC(=O)CC/C=C\C/C=C\C/C=C\C/C=C\CC)COC(=O)CCCCCCCCCCCCCCC/C=C\CCCCCCCCCC. The van der Waals surface area contributed by atoms with Crippen molar-refractivity contribution in [2.24, 2.45) is 0 Å². The van der Waals surface area contributed by atoms with Crippen LogP contribution in [0.3, 0.4) is 0 Å². The number of carbonyl (C=O) groups excluding carboxylic acids is 3. The molecule has 0 saturated carbocycles. The summed E-state index contributed by atoms with van der Waals surface area (Å²) in [6.45, 7) is 6.36. The third-order valence-corrected chi connectivity index (χ3v) is 13.8. The molecule has 77 heavy (non-hydrogen) atoms. The zero-order valence-corrected chi connectivity index (χ0v) is 50.4. The molecular weight excluding hydrogens is 949 g/mol. The lowest BCUT2D eigenvalue weighted by molar-refractivity contribution is -0.166. The van der Waals surface area contributed by atoms with E-state index < -0.39 is 6.10 Å². The van der Waals surface area contributed by atoms with Gasteiger partial charge in [-0.05, 0) is 109 Å². The molecule has 0 spiro atoms. The molecule has 0 aromatic carbocycles. The van der Waals surface area contributed by atoms with Crippen LogP contribution in [0.1, 0.15) is 303 Å². The fourth-order valence-electron chi connectivity index (χ4n) is 8.97. The van der Waals surface area contributed by atoms with E-state index >= 15 is 0 Å². The molecule has 0 amide bonds. The zero-order chi connectivity index (χ0) is 55.7. The maximum Gasteiger partial charge on any atom is 0.306 e. The normalized spacial score (nSPS) is 12.8. The summed E-state index contributed by atoms with van der Waals surface area (Å²) in [6.07, 6.45) is 88.3. The molecule has 0 rings (SSSR count). The van der Waals surface area contributed by atoms with Gasteiger partial charge in [-0.3, -0.25) is 14.4 Å². The van der Waals surface area contributed by atoms with Gasteiger partial charge in [0, 0.05) is 19.3 Å². The van der Waals surface area contributed by atoms with Crippen molar-refractivity contribution in [1.29, 1.82) is 0 Å². The van der Waals surface area contributed by atoms with Crippen LogP contribution in [-0.2, 0) is 28.6 Å². The average molecular weight is 1070 g/mol. The van der Waals surface area contributed by atoms with E-state index in [2.05, 4.69) is 124 Å². The van der Waals surface area contributed by atoms with E-state index in [4.69, 9.17) is 14.2 Å². The van der Waals surface area contributed by atoms with Crippen LogP contribution in [0, 0.1) is 0 Å². The molecule has 0 radical (unpaired) electrons. The Morgan fingerprint density at radius 3 is 0.883 bits per heavy atom. The van der Waals surface area contributed by atoms with Crippen LogP contribution in [0.4, 0.5) is 0 Å². The first-order chi connectivity index (χ1) is 38.0. The first kappa shape index (κ1) is 73.1. The second kappa shape index (κ2) is 64.6. The summed E-state index contributed by atoms with van der Waals surface area (Å²) >= 11 is 0. The summed E-state index contributed by atoms with van der Waals surface area (Å²) in [5, 5.41) is 0. The minimum Gasteiger partial charge on any atom is -0.462 e. The Bertz CT molecular complexity index is 1560. The predicted octanol–water partition coefficient (Wildman–Crippen LogP) is 22.2. The molecule has 0 aliphatic rings. The van der Waals surface area contributed by atoms with Gasteiger partial charge in [-0.1, -0.05) is 284 Å². The number of allylic oxidation sites excluding steroid dienone is 18. The number of carbonyl (C=O) groups is 3. The summed E-state index contributed by atoms with van der Waals surface area (Å²) in [4.78, 5) is 38.3. The van der Waals surface area contributed by atoms with Crippen molar-refractivity contribution in [2.75, 3.05) is 13.2 Å². The molecule has 0 aliphatic carbocycles. The highest BCUT2D eigenvalue weighted by molar-refractivity contribution is 5.71. The lowest BCUT2D eigenvalue weighted by Crippen LogP contribution is -2.30. The first-order valence-corrected chi connectivity index (χ1v) is 32.4. The average Bonchev–Trinajstić information content (AvgIpc) is 3.43. The van der Waals surface area contributed by atoms with Crippen LogP contribution < -0.4 is 0 Å². The maximum absolute atomic E-state index is 12.9. The van der Waals surface area contributed by atoms with Crippen LogP contribution in [-0.4, -0.2) is 37.2 Å². The highest BCUT2D eigenvalue weighted by atomic mass is 16.6. The number of hydrogen-bond acceptors (Lipinski definition) is 6. The monoisotopic (exact) mass is 1070 g/mol. The Balaban J connectivity index is 4.35. The Kier molecular flexibility index (Phi) is 61.3. The molecule has 0 heterocycles. The Morgan fingerprint density at radius 2 is 0.532 bits per heavy atom. The quantitative estimate of drug-likeness (QED) is 0.0261. The Hall–Kier alpha value is -3.93. The van der Waals surface area contributed by atoms with Crippen molar-refractivity contribution >= 4 is 17.9 Å². The van der Waals surface area contributed by atoms with E-state index in [0.29, 0.717) is 19.3 Å². The summed E-state index contributed by atoms with van der Waals surface area (Å²) in [5.41, 5.74) is 0. The number of esters is 3. The Morgan fingerprint density at radius 1 is 0.273 bits per heavy atom. The van der Waals surface area contributed by atoms with E-state index in [9.17, 15) is 14.4 Å². The third-order valence-electron chi connectivity index (χ3n) is 13.8. The zero-order valence-electron chi connectivity index (χ0n) is 50.4. The molecule has 0 bridgehead atoms. The molecule has 0 aromatic heterocycles. The maximum atomic E-state index is 12.9. The van der Waals surface area contributed by atoms with Gasteiger partial charge in [-0.15, -0.1) is 0 Å². The van der Waals surface area contributed by atoms with E-state index in [-0.39, 0.29) is 37.5 Å². The molecule has 0 aromatic rings. The van der Waals surface area contributed by atoms with Crippen LogP contribution in [0.25, 0.3) is 0 Å². The lowest BCUT2D eigenvalue weighted by Gasteiger charge is -2.18. The molecular formula is C71H120O6. The minimum absolute atomic E-state index is 0.103. The largest absolute Gasteiger partial charge is 0.462 e. The van der Waals surface area contributed by atoms with Gasteiger partial charge >= 0.3 is 17.9 Å². The molecule has 6 heteroatoms. The highest BCUT2D eigenvalue weighted by Gasteiger charge is 2.19. The second-order valence-corrected chi connectivity index (χ2v) is 21.3. The molecule has 0 aliphatic heterocycles. The fourth-order valence-corrected chi connectivity index (χ4v) is 8.97. The van der Waals surface area contributed by atoms with Crippen LogP contribution >= 0.6 is 0 Å². The third kappa shape index (κ3) is 62.8. The summed E-state index contributed by atoms with van der Waals surface area (Å²) < 4.78 is 16.8. The summed E-state index contributed by atoms with van der Waals surface area (Å²) in [5.74, 6) is -0.990. The number of rotatable bonds is 58. The van der Waals surface area contributed by atoms with Crippen molar-refractivity contribution in [3.8, 4) is 0 Å². The molecule has 440 valence electrons. The van der Waals surface area contributed by atoms with E-state index in [1.165, 1.54) is 161 Å². The van der Waals surface area contributed by atoms with Crippen molar-refractivity contribution < 1.29 is 28.6 Å². The van der Waals surface area contributed by atoms with Gasteiger partial charge in [0.15, 0.2) is 6.10 Å². The molecule has 0 saturated heterocycles. The topological polar surface area (TPSA) is 78.9 Å². The van der Waals surface area contributed by atoms with E-state index in [0.717, 1.165) is 96.3 Å². The predicted molar refractivity (Wildman–Crippen MR) is 334 cm³/mol. The molecule has 1 atom stereocenters. The van der Waals surface area contributed by atoms with Crippen molar-refractivity contribution in [3.63, 3.8) is 0 Å². The van der Waals surface area contributed by atoms with Gasteiger partial charge in [-0.2, -0.15) is 0 Å². The first-order valence-electron chi connectivity index (χ1n) is 32.4. The van der Waals surface area contributed by atoms with Crippen molar-refractivity contribution in [2.45, 2.75) is 309 Å². The van der Waals surface area contributed by atoms with Crippen LogP contribution in [0.2, 0.25) is 0 Å².